The molecule has 2 heterocycles. The van der Waals surface area contributed by atoms with Gasteiger partial charge >= 0.3 is 0 Å². The van der Waals surface area contributed by atoms with E-state index in [9.17, 15) is 0 Å². The fourth-order valence-corrected chi connectivity index (χ4v) is 6.02. The second-order valence-electron chi connectivity index (χ2n) is 10.1. The molecule has 0 unspecified atom stereocenters. The van der Waals surface area contributed by atoms with Crippen molar-refractivity contribution in [1.29, 1.82) is 0 Å². The fraction of sp³-hybridized carbons (Fsp3) is 0.0278. The fourth-order valence-electron chi connectivity index (χ4n) is 6.02. The van der Waals surface area contributed by atoms with E-state index in [-0.39, 0.29) is 0 Å². The number of aryl methyl sites for hydroxylation is 1. The Balaban J connectivity index is 1.33. The van der Waals surface area contributed by atoms with Crippen LogP contribution in [0.15, 0.2) is 127 Å². The maximum Gasteiger partial charge on any atom is 0.146 e. The highest BCUT2D eigenvalue weighted by molar-refractivity contribution is 6.01. The number of pyridine rings is 1. The largest absolute Gasteiger partial charge is 0.292 e. The highest BCUT2D eigenvalue weighted by atomic mass is 15.0. The van der Waals surface area contributed by atoms with Gasteiger partial charge in [-0.25, -0.2) is 4.98 Å². The summed E-state index contributed by atoms with van der Waals surface area (Å²) in [7, 11) is 0. The number of rotatable bonds is 2. The normalized spacial score (nSPS) is 11.8. The van der Waals surface area contributed by atoms with Gasteiger partial charge < -0.3 is 0 Å². The molecule has 0 amide bonds. The second kappa shape index (κ2) is 8.03. The number of imidazole rings is 1. The molecule has 0 radical (unpaired) electrons. The van der Waals surface area contributed by atoms with Crippen LogP contribution in [0.4, 0.5) is 0 Å². The van der Waals surface area contributed by atoms with Gasteiger partial charge in [-0.15, -0.1) is 0 Å². The van der Waals surface area contributed by atoms with E-state index in [0.717, 1.165) is 22.2 Å². The minimum atomic E-state index is 0.994. The molecule has 38 heavy (non-hydrogen) atoms. The number of hydrogen-bond acceptors (Lipinski definition) is 1. The smallest absolute Gasteiger partial charge is 0.146 e. The summed E-state index contributed by atoms with van der Waals surface area (Å²) in [5, 5.41) is 6.28. The SMILES string of the molecule is Cc1c(-c2ccc3ccccc3c2)ccc2cc(-c3cc4ccccc4n4c3nc3ccccc34)ccc12. The van der Waals surface area contributed by atoms with Crippen molar-refractivity contribution in [1.82, 2.24) is 9.38 Å². The van der Waals surface area contributed by atoms with Gasteiger partial charge in [0.15, 0.2) is 0 Å². The summed E-state index contributed by atoms with van der Waals surface area (Å²) in [6, 6.07) is 45.9. The number of nitrogens with zero attached hydrogens (tertiary/aromatic N) is 2. The van der Waals surface area contributed by atoms with Crippen LogP contribution in [0.1, 0.15) is 5.56 Å². The molecule has 2 aromatic heterocycles. The Hall–Kier alpha value is -4.95. The van der Waals surface area contributed by atoms with E-state index in [1.165, 1.54) is 54.7 Å². The Labute approximate surface area is 220 Å². The van der Waals surface area contributed by atoms with Gasteiger partial charge in [0.2, 0.25) is 0 Å². The van der Waals surface area contributed by atoms with Crippen molar-refractivity contribution in [3.8, 4) is 22.3 Å². The third-order valence-electron chi connectivity index (χ3n) is 7.94. The topological polar surface area (TPSA) is 17.3 Å². The number of benzene rings is 6. The van der Waals surface area contributed by atoms with Gasteiger partial charge in [0.1, 0.15) is 5.65 Å². The van der Waals surface area contributed by atoms with Crippen LogP contribution >= 0.6 is 0 Å². The van der Waals surface area contributed by atoms with Crippen molar-refractivity contribution in [2.75, 3.05) is 0 Å². The van der Waals surface area contributed by atoms with Crippen molar-refractivity contribution in [2.24, 2.45) is 0 Å². The Kier molecular flexibility index (Phi) is 4.47. The van der Waals surface area contributed by atoms with Crippen LogP contribution in [0.2, 0.25) is 0 Å². The quantitative estimate of drug-likeness (QED) is 0.239. The van der Waals surface area contributed by atoms with Crippen LogP contribution in [-0.4, -0.2) is 9.38 Å². The molecule has 0 N–H and O–H groups in total. The lowest BCUT2D eigenvalue weighted by atomic mass is 9.92. The van der Waals surface area contributed by atoms with Gasteiger partial charge in [0.25, 0.3) is 0 Å². The van der Waals surface area contributed by atoms with Gasteiger partial charge in [-0.3, -0.25) is 4.40 Å². The van der Waals surface area contributed by atoms with Gasteiger partial charge in [-0.1, -0.05) is 91.0 Å². The first kappa shape index (κ1) is 21.2. The monoisotopic (exact) mass is 484 g/mol. The molecule has 2 heteroatoms. The van der Waals surface area contributed by atoms with Crippen LogP contribution in [0, 0.1) is 6.92 Å². The predicted octanol–water partition coefficient (Wildman–Crippen LogP) is 9.59. The zero-order chi connectivity index (χ0) is 25.2. The molecule has 8 aromatic rings. The Bertz CT molecular complexity index is 2200. The second-order valence-corrected chi connectivity index (χ2v) is 10.1. The van der Waals surface area contributed by atoms with Crippen molar-refractivity contribution < 1.29 is 0 Å². The molecule has 0 aliphatic carbocycles. The van der Waals surface area contributed by atoms with E-state index in [2.05, 4.69) is 139 Å². The lowest BCUT2D eigenvalue weighted by Gasteiger charge is -2.13. The zero-order valence-electron chi connectivity index (χ0n) is 21.0. The van der Waals surface area contributed by atoms with E-state index >= 15 is 0 Å². The molecule has 0 aliphatic rings. The summed E-state index contributed by atoms with van der Waals surface area (Å²) < 4.78 is 2.30. The third kappa shape index (κ3) is 3.10. The lowest BCUT2D eigenvalue weighted by Crippen LogP contribution is -1.93. The molecule has 2 nitrogen and oxygen atoms in total. The van der Waals surface area contributed by atoms with Crippen molar-refractivity contribution in [3.63, 3.8) is 0 Å². The van der Waals surface area contributed by atoms with Crippen LogP contribution in [0.3, 0.4) is 0 Å². The average molecular weight is 485 g/mol. The summed E-state index contributed by atoms with van der Waals surface area (Å²) in [5.74, 6) is 0. The molecule has 0 bridgehead atoms. The van der Waals surface area contributed by atoms with E-state index in [1.807, 2.05) is 0 Å². The first-order valence-corrected chi connectivity index (χ1v) is 13.1. The van der Waals surface area contributed by atoms with Crippen LogP contribution in [0.25, 0.3) is 71.4 Å². The summed E-state index contributed by atoms with van der Waals surface area (Å²) in [6.07, 6.45) is 0. The number of aromatic nitrogens is 2. The van der Waals surface area contributed by atoms with Gasteiger partial charge in [0, 0.05) is 5.56 Å². The minimum absolute atomic E-state index is 0.994. The van der Waals surface area contributed by atoms with Crippen molar-refractivity contribution in [3.05, 3.63) is 133 Å². The van der Waals surface area contributed by atoms with Gasteiger partial charge in [0.05, 0.1) is 16.6 Å². The number of hydrogen-bond donors (Lipinski definition) is 0. The summed E-state index contributed by atoms with van der Waals surface area (Å²) in [4.78, 5) is 5.08. The predicted molar refractivity (Wildman–Crippen MR) is 161 cm³/mol. The third-order valence-corrected chi connectivity index (χ3v) is 7.94. The molecule has 0 aliphatic heterocycles. The Morgan fingerprint density at radius 1 is 0.500 bits per heavy atom. The number of para-hydroxylation sites is 3. The summed E-state index contributed by atoms with van der Waals surface area (Å²) >= 11 is 0. The molecular formula is C36H24N2. The number of fused-ring (bicyclic) bond motifs is 7. The molecular weight excluding hydrogens is 460 g/mol. The van der Waals surface area contributed by atoms with Crippen molar-refractivity contribution >= 4 is 49.1 Å². The molecule has 8 rings (SSSR count). The molecule has 0 fully saturated rings. The van der Waals surface area contributed by atoms with E-state index in [1.54, 1.807) is 0 Å². The van der Waals surface area contributed by atoms with Gasteiger partial charge in [-0.05, 0) is 92.5 Å². The first-order chi connectivity index (χ1) is 18.7. The van der Waals surface area contributed by atoms with E-state index in [0.29, 0.717) is 0 Å². The minimum Gasteiger partial charge on any atom is -0.292 e. The maximum absolute atomic E-state index is 5.08. The molecule has 0 saturated heterocycles. The highest BCUT2D eigenvalue weighted by Gasteiger charge is 2.15. The summed E-state index contributed by atoms with van der Waals surface area (Å²) in [6.45, 7) is 2.24. The van der Waals surface area contributed by atoms with E-state index in [4.69, 9.17) is 4.98 Å². The average Bonchev–Trinajstić information content (AvgIpc) is 3.36. The van der Waals surface area contributed by atoms with Crippen molar-refractivity contribution in [2.45, 2.75) is 6.92 Å². The zero-order valence-corrected chi connectivity index (χ0v) is 21.0. The van der Waals surface area contributed by atoms with Gasteiger partial charge in [-0.2, -0.15) is 0 Å². The Morgan fingerprint density at radius 3 is 2.05 bits per heavy atom. The van der Waals surface area contributed by atoms with Crippen LogP contribution < -0.4 is 0 Å². The first-order valence-electron chi connectivity index (χ1n) is 13.1. The molecule has 0 saturated carbocycles. The molecule has 0 atom stereocenters. The molecule has 6 aromatic carbocycles. The maximum atomic E-state index is 5.08. The van der Waals surface area contributed by atoms with Crippen LogP contribution in [-0.2, 0) is 0 Å². The standard InChI is InChI=1S/C36H24N2/c1-23-30(26-15-14-24-8-2-3-9-25(24)20-26)18-16-27-21-28(17-19-31(23)27)32-22-29-10-4-6-12-34(29)38-35-13-7-5-11-33(35)37-36(32)38/h2-22H,1H3. The molecule has 0 spiro atoms. The molecule has 178 valence electrons. The highest BCUT2D eigenvalue weighted by Crippen LogP contribution is 2.36. The summed E-state index contributed by atoms with van der Waals surface area (Å²) in [5.41, 5.74) is 10.5. The Morgan fingerprint density at radius 2 is 1.16 bits per heavy atom. The lowest BCUT2D eigenvalue weighted by molar-refractivity contribution is 1.30. The van der Waals surface area contributed by atoms with E-state index < -0.39 is 0 Å². The van der Waals surface area contributed by atoms with Crippen LogP contribution in [0.5, 0.6) is 0 Å².